The molecule has 172 valence electrons. The van der Waals surface area contributed by atoms with Crippen molar-refractivity contribution >= 4 is 39.8 Å². The van der Waals surface area contributed by atoms with Crippen molar-refractivity contribution in [1.29, 1.82) is 0 Å². The van der Waals surface area contributed by atoms with E-state index >= 15 is 0 Å². The lowest BCUT2D eigenvalue weighted by atomic mass is 10.1. The molecule has 0 aliphatic rings. The fraction of sp³-hybridized carbons (Fsp3) is 0.240. The van der Waals surface area contributed by atoms with Gasteiger partial charge < -0.3 is 20.1 Å². The van der Waals surface area contributed by atoms with E-state index in [2.05, 4.69) is 10.6 Å². The first-order chi connectivity index (χ1) is 15.7. The molecule has 0 saturated heterocycles. The van der Waals surface area contributed by atoms with E-state index in [4.69, 9.17) is 9.47 Å². The molecular weight excluding hydrogens is 440 g/mol. The summed E-state index contributed by atoms with van der Waals surface area (Å²) in [5.41, 5.74) is 4.18. The lowest BCUT2D eigenvalue weighted by Gasteiger charge is -2.09. The van der Waals surface area contributed by atoms with Crippen LogP contribution in [0.5, 0.6) is 5.75 Å². The third kappa shape index (κ3) is 5.78. The number of thiophene rings is 1. The highest BCUT2D eigenvalue weighted by Crippen LogP contribution is 2.34. The van der Waals surface area contributed by atoms with Gasteiger partial charge in [-0.2, -0.15) is 0 Å². The number of nitrogens with one attached hydrogen (secondary N) is 2. The fourth-order valence-electron chi connectivity index (χ4n) is 3.43. The Bertz CT molecular complexity index is 1200. The van der Waals surface area contributed by atoms with Crippen LogP contribution >= 0.6 is 11.3 Å². The van der Waals surface area contributed by atoms with Gasteiger partial charge in [0, 0.05) is 5.69 Å². The van der Waals surface area contributed by atoms with E-state index in [1.165, 1.54) is 7.11 Å². The van der Waals surface area contributed by atoms with Gasteiger partial charge in [-0.25, -0.2) is 4.79 Å². The van der Waals surface area contributed by atoms with Gasteiger partial charge in [0.2, 0.25) is 0 Å². The smallest absolute Gasteiger partial charge is 0.341 e. The van der Waals surface area contributed by atoms with E-state index in [9.17, 15) is 14.4 Å². The molecule has 8 heteroatoms. The van der Waals surface area contributed by atoms with Crippen LogP contribution < -0.4 is 15.4 Å². The van der Waals surface area contributed by atoms with Gasteiger partial charge in [0.25, 0.3) is 11.8 Å². The van der Waals surface area contributed by atoms with Crippen LogP contribution in [-0.4, -0.2) is 31.5 Å². The zero-order valence-electron chi connectivity index (χ0n) is 19.2. The number of benzene rings is 2. The minimum absolute atomic E-state index is 0.150. The van der Waals surface area contributed by atoms with Crippen molar-refractivity contribution < 1.29 is 23.9 Å². The molecule has 0 saturated carbocycles. The molecule has 0 bridgehead atoms. The molecule has 7 nitrogen and oxygen atoms in total. The molecule has 2 amide bonds. The van der Waals surface area contributed by atoms with Crippen LogP contribution in [0.3, 0.4) is 0 Å². The van der Waals surface area contributed by atoms with Crippen LogP contribution in [0.4, 0.5) is 10.7 Å². The van der Waals surface area contributed by atoms with Crippen LogP contribution in [0, 0.1) is 27.7 Å². The standard InChI is InChI=1S/C25H26N2O5S/c1-14-10-15(2)12-18(11-14)26-23(29)22-17(4)21(25(30)31-5)24(33-22)27-20(28)13-32-19-9-7-6-8-16(19)3/h6-12H,13H2,1-5H3,(H,26,29)(H,27,28). The lowest BCUT2D eigenvalue weighted by Crippen LogP contribution is -2.21. The first-order valence-electron chi connectivity index (χ1n) is 10.3. The SMILES string of the molecule is COC(=O)c1c(NC(=O)COc2ccccc2C)sc(C(=O)Nc2cc(C)cc(C)c2)c1C. The van der Waals surface area contributed by atoms with Gasteiger partial charge in [-0.15, -0.1) is 11.3 Å². The normalized spacial score (nSPS) is 10.5. The summed E-state index contributed by atoms with van der Waals surface area (Å²) in [6.45, 7) is 7.18. The third-order valence-corrected chi connectivity index (χ3v) is 6.13. The number of hydrogen-bond acceptors (Lipinski definition) is 6. The van der Waals surface area contributed by atoms with E-state index in [1.807, 2.05) is 57.2 Å². The highest BCUT2D eigenvalue weighted by atomic mass is 32.1. The van der Waals surface area contributed by atoms with E-state index in [0.717, 1.165) is 28.0 Å². The second kappa shape index (κ2) is 10.3. The van der Waals surface area contributed by atoms with Crippen LogP contribution in [-0.2, 0) is 9.53 Å². The summed E-state index contributed by atoms with van der Waals surface area (Å²) < 4.78 is 10.5. The molecule has 1 heterocycles. The summed E-state index contributed by atoms with van der Waals surface area (Å²) in [6, 6.07) is 13.1. The molecule has 0 atom stereocenters. The molecule has 2 N–H and O–H groups in total. The zero-order valence-corrected chi connectivity index (χ0v) is 20.0. The van der Waals surface area contributed by atoms with Crippen LogP contribution in [0.25, 0.3) is 0 Å². The van der Waals surface area contributed by atoms with Crippen molar-refractivity contribution in [2.75, 3.05) is 24.4 Å². The van der Waals surface area contributed by atoms with Crippen molar-refractivity contribution in [2.45, 2.75) is 27.7 Å². The number of amides is 2. The maximum absolute atomic E-state index is 13.0. The maximum atomic E-state index is 13.0. The Morgan fingerprint density at radius 3 is 2.24 bits per heavy atom. The molecule has 1 aromatic heterocycles. The van der Waals surface area contributed by atoms with E-state index in [-0.39, 0.29) is 23.1 Å². The molecule has 3 aromatic rings. The Kier molecular flexibility index (Phi) is 7.50. The average molecular weight is 467 g/mol. The first kappa shape index (κ1) is 24.0. The summed E-state index contributed by atoms with van der Waals surface area (Å²) in [6.07, 6.45) is 0. The van der Waals surface area contributed by atoms with Gasteiger partial charge in [-0.1, -0.05) is 24.3 Å². The van der Waals surface area contributed by atoms with E-state index in [0.29, 0.717) is 21.9 Å². The first-order valence-corrected chi connectivity index (χ1v) is 11.1. The van der Waals surface area contributed by atoms with Crippen molar-refractivity contribution in [1.82, 2.24) is 0 Å². The number of anilines is 2. The summed E-state index contributed by atoms with van der Waals surface area (Å²) in [7, 11) is 1.25. The average Bonchev–Trinajstić information content (AvgIpc) is 3.07. The van der Waals surface area contributed by atoms with E-state index in [1.54, 1.807) is 13.0 Å². The lowest BCUT2D eigenvalue weighted by molar-refractivity contribution is -0.118. The maximum Gasteiger partial charge on any atom is 0.341 e. The molecule has 0 unspecified atom stereocenters. The quantitative estimate of drug-likeness (QED) is 0.476. The number of carbonyl (C=O) groups is 3. The number of ether oxygens (including phenoxy) is 2. The summed E-state index contributed by atoms with van der Waals surface area (Å²) >= 11 is 1.02. The van der Waals surface area contributed by atoms with Crippen molar-refractivity contribution in [3.05, 3.63) is 75.2 Å². The van der Waals surface area contributed by atoms with Crippen LogP contribution in [0.15, 0.2) is 42.5 Å². The van der Waals surface area contributed by atoms with Crippen molar-refractivity contribution in [2.24, 2.45) is 0 Å². The Hall–Kier alpha value is -3.65. The number of methoxy groups -OCH3 is 1. The predicted octanol–water partition coefficient (Wildman–Crippen LogP) is 5.04. The van der Waals surface area contributed by atoms with Crippen LogP contribution in [0.1, 0.15) is 42.3 Å². The molecule has 0 aliphatic heterocycles. The minimum Gasteiger partial charge on any atom is -0.483 e. The molecule has 0 fully saturated rings. The summed E-state index contributed by atoms with van der Waals surface area (Å²) in [5.74, 6) is -0.865. The van der Waals surface area contributed by atoms with Crippen LogP contribution in [0.2, 0.25) is 0 Å². The third-order valence-electron chi connectivity index (χ3n) is 4.93. The molecule has 0 spiro atoms. The number of rotatable bonds is 7. The Labute approximate surface area is 196 Å². The molecular formula is C25H26N2O5S. The molecule has 33 heavy (non-hydrogen) atoms. The van der Waals surface area contributed by atoms with Gasteiger partial charge in [0.1, 0.15) is 10.8 Å². The van der Waals surface area contributed by atoms with Crippen molar-refractivity contribution in [3.63, 3.8) is 0 Å². The second-order valence-corrected chi connectivity index (χ2v) is 8.71. The largest absolute Gasteiger partial charge is 0.483 e. The molecule has 0 radical (unpaired) electrons. The summed E-state index contributed by atoms with van der Waals surface area (Å²) in [5, 5.41) is 5.79. The van der Waals surface area contributed by atoms with E-state index < -0.39 is 11.9 Å². The van der Waals surface area contributed by atoms with Crippen molar-refractivity contribution in [3.8, 4) is 5.75 Å². The van der Waals surface area contributed by atoms with Gasteiger partial charge in [-0.05, 0) is 68.1 Å². The highest BCUT2D eigenvalue weighted by Gasteiger charge is 2.26. The molecule has 0 aliphatic carbocycles. The monoisotopic (exact) mass is 466 g/mol. The minimum atomic E-state index is -0.635. The summed E-state index contributed by atoms with van der Waals surface area (Å²) in [4.78, 5) is 38.2. The predicted molar refractivity (Wildman–Crippen MR) is 130 cm³/mol. The number of para-hydroxylation sites is 1. The molecule has 2 aromatic carbocycles. The Morgan fingerprint density at radius 1 is 0.939 bits per heavy atom. The second-order valence-electron chi connectivity index (χ2n) is 7.68. The number of aryl methyl sites for hydroxylation is 3. The van der Waals surface area contributed by atoms with Gasteiger partial charge in [0.05, 0.1) is 17.6 Å². The molecule has 3 rings (SSSR count). The van der Waals surface area contributed by atoms with Gasteiger partial charge >= 0.3 is 5.97 Å². The number of hydrogen-bond donors (Lipinski definition) is 2. The number of esters is 1. The highest BCUT2D eigenvalue weighted by molar-refractivity contribution is 7.18. The Balaban J connectivity index is 1.81. The zero-order chi connectivity index (χ0) is 24.1. The van der Waals surface area contributed by atoms with Gasteiger partial charge in [-0.3, -0.25) is 9.59 Å². The fourth-order valence-corrected chi connectivity index (χ4v) is 4.53. The topological polar surface area (TPSA) is 93.7 Å². The van der Waals surface area contributed by atoms with Gasteiger partial charge in [0.15, 0.2) is 6.61 Å². The number of carbonyl (C=O) groups excluding carboxylic acids is 3. The Morgan fingerprint density at radius 2 is 1.61 bits per heavy atom.